The number of rotatable bonds is 4. The molecule has 2 heterocycles. The third-order valence-electron chi connectivity index (χ3n) is 4.14. The van der Waals surface area contributed by atoms with E-state index in [9.17, 15) is 5.11 Å². The van der Waals surface area contributed by atoms with E-state index >= 15 is 0 Å². The maximum Gasteiger partial charge on any atom is 0.133 e. The smallest absolute Gasteiger partial charge is 0.133 e. The van der Waals surface area contributed by atoms with Crippen LogP contribution in [0.25, 0.3) is 0 Å². The van der Waals surface area contributed by atoms with Crippen molar-refractivity contribution in [3.8, 4) is 0 Å². The summed E-state index contributed by atoms with van der Waals surface area (Å²) in [5.41, 5.74) is 2.63. The summed E-state index contributed by atoms with van der Waals surface area (Å²) in [5.74, 6) is 2.49. The van der Waals surface area contributed by atoms with Crippen LogP contribution >= 0.6 is 0 Å². The van der Waals surface area contributed by atoms with E-state index < -0.39 is 0 Å². The van der Waals surface area contributed by atoms with E-state index in [0.717, 1.165) is 43.9 Å². The summed E-state index contributed by atoms with van der Waals surface area (Å²) in [7, 11) is 0. The maximum atomic E-state index is 9.32. The number of benzene rings is 1. The molecule has 1 aromatic heterocycles. The Hall–Kier alpha value is -1.68. The van der Waals surface area contributed by atoms with E-state index in [1.54, 1.807) is 0 Å². The van der Waals surface area contributed by atoms with Gasteiger partial charge in [-0.3, -0.25) is 0 Å². The van der Waals surface area contributed by atoms with Crippen molar-refractivity contribution >= 4 is 0 Å². The fraction of sp³-hybridized carbons (Fsp3) is 0.500. The lowest BCUT2D eigenvalue weighted by atomic mass is 10.00. The predicted molar refractivity (Wildman–Crippen MR) is 77.5 cm³/mol. The summed E-state index contributed by atoms with van der Waals surface area (Å²) >= 11 is 0. The number of fused-ring (bicyclic) bond motifs is 1. The van der Waals surface area contributed by atoms with Crippen LogP contribution in [0.15, 0.2) is 24.3 Å². The fourth-order valence-electron chi connectivity index (χ4n) is 2.80. The summed E-state index contributed by atoms with van der Waals surface area (Å²) in [4.78, 5) is 0. The molecule has 0 saturated heterocycles. The minimum atomic E-state index is 0.259. The highest BCUT2D eigenvalue weighted by Crippen LogP contribution is 2.20. The molecule has 106 valence electrons. The van der Waals surface area contributed by atoms with Crippen molar-refractivity contribution in [1.29, 1.82) is 0 Å². The van der Waals surface area contributed by atoms with Gasteiger partial charge in [0.25, 0.3) is 0 Å². The van der Waals surface area contributed by atoms with Gasteiger partial charge < -0.3 is 9.67 Å². The van der Waals surface area contributed by atoms with Crippen LogP contribution < -0.4 is 0 Å². The summed E-state index contributed by atoms with van der Waals surface area (Å²) < 4.78 is 2.21. The lowest BCUT2D eigenvalue weighted by Crippen LogP contribution is -2.24. The van der Waals surface area contributed by atoms with Gasteiger partial charge in [-0.05, 0) is 25.3 Å². The topological polar surface area (TPSA) is 50.9 Å². The van der Waals surface area contributed by atoms with E-state index in [1.165, 1.54) is 11.1 Å². The molecule has 2 aromatic rings. The lowest BCUT2D eigenvalue weighted by molar-refractivity contribution is 0.189. The molecule has 1 unspecified atom stereocenters. The van der Waals surface area contributed by atoms with Gasteiger partial charge in [0.05, 0.1) is 0 Å². The van der Waals surface area contributed by atoms with Crippen molar-refractivity contribution in [3.05, 3.63) is 47.0 Å². The average Bonchev–Trinajstić information content (AvgIpc) is 2.89. The van der Waals surface area contributed by atoms with Crippen molar-refractivity contribution in [1.82, 2.24) is 14.8 Å². The fourth-order valence-corrected chi connectivity index (χ4v) is 2.80. The first-order valence-corrected chi connectivity index (χ1v) is 7.33. The number of hydrogen-bond acceptors (Lipinski definition) is 3. The molecule has 0 radical (unpaired) electrons. The van der Waals surface area contributed by atoms with E-state index in [2.05, 4.69) is 46.0 Å². The van der Waals surface area contributed by atoms with Gasteiger partial charge in [-0.25, -0.2) is 0 Å². The van der Waals surface area contributed by atoms with Crippen LogP contribution in [0.2, 0.25) is 0 Å². The Morgan fingerprint density at radius 3 is 2.75 bits per heavy atom. The largest absolute Gasteiger partial charge is 0.396 e. The van der Waals surface area contributed by atoms with E-state index in [1.807, 2.05) is 0 Å². The minimum Gasteiger partial charge on any atom is -0.396 e. The SMILES string of the molecule is Cc1ccc(CCc2nnc3n2CC(CO)CC3)cc1. The van der Waals surface area contributed by atoms with Gasteiger partial charge in [0.2, 0.25) is 0 Å². The molecule has 4 heteroatoms. The third-order valence-corrected chi connectivity index (χ3v) is 4.14. The van der Waals surface area contributed by atoms with E-state index in [4.69, 9.17) is 0 Å². The van der Waals surface area contributed by atoms with E-state index in [0.29, 0.717) is 5.92 Å². The van der Waals surface area contributed by atoms with Gasteiger partial charge in [0, 0.05) is 31.9 Å². The van der Waals surface area contributed by atoms with Crippen LogP contribution in [0.5, 0.6) is 0 Å². The standard InChI is InChI=1S/C16H21N3O/c1-12-2-4-13(5-3-12)6-8-15-17-18-16-9-7-14(11-20)10-19(15)16/h2-5,14,20H,6-11H2,1H3. The molecule has 1 aromatic carbocycles. The molecule has 0 amide bonds. The molecule has 0 spiro atoms. The third kappa shape index (κ3) is 2.75. The summed E-state index contributed by atoms with van der Waals surface area (Å²) in [6.07, 6.45) is 3.85. The quantitative estimate of drug-likeness (QED) is 0.924. The Labute approximate surface area is 119 Å². The molecule has 0 fully saturated rings. The van der Waals surface area contributed by atoms with Gasteiger partial charge in [0.1, 0.15) is 11.6 Å². The second-order valence-corrected chi connectivity index (χ2v) is 5.72. The molecule has 0 bridgehead atoms. The van der Waals surface area contributed by atoms with Crippen LogP contribution in [0, 0.1) is 12.8 Å². The van der Waals surface area contributed by atoms with Crippen molar-refractivity contribution in [2.75, 3.05) is 6.61 Å². The predicted octanol–water partition coefficient (Wildman–Crippen LogP) is 1.93. The summed E-state index contributed by atoms with van der Waals surface area (Å²) in [5, 5.41) is 17.9. The number of hydrogen-bond donors (Lipinski definition) is 1. The zero-order valence-corrected chi connectivity index (χ0v) is 11.9. The first-order chi connectivity index (χ1) is 9.76. The van der Waals surface area contributed by atoms with Crippen molar-refractivity contribution in [3.63, 3.8) is 0 Å². The zero-order valence-electron chi connectivity index (χ0n) is 11.9. The van der Waals surface area contributed by atoms with E-state index in [-0.39, 0.29) is 6.61 Å². The molecule has 1 N–H and O–H groups in total. The van der Waals surface area contributed by atoms with Gasteiger partial charge >= 0.3 is 0 Å². The number of aromatic nitrogens is 3. The first kappa shape index (κ1) is 13.3. The number of nitrogens with zero attached hydrogens (tertiary/aromatic N) is 3. The number of aliphatic hydroxyl groups is 1. The highest BCUT2D eigenvalue weighted by molar-refractivity contribution is 5.21. The van der Waals surface area contributed by atoms with Gasteiger partial charge in [-0.1, -0.05) is 29.8 Å². The van der Waals surface area contributed by atoms with Crippen LogP contribution in [-0.2, 0) is 25.8 Å². The van der Waals surface area contributed by atoms with Gasteiger partial charge in [-0.15, -0.1) is 10.2 Å². The zero-order chi connectivity index (χ0) is 13.9. The Morgan fingerprint density at radius 1 is 1.20 bits per heavy atom. The Morgan fingerprint density at radius 2 is 2.00 bits per heavy atom. The molecule has 1 aliphatic heterocycles. The molecule has 1 aliphatic rings. The summed E-state index contributed by atoms with van der Waals surface area (Å²) in [6, 6.07) is 8.66. The monoisotopic (exact) mass is 271 g/mol. The highest BCUT2D eigenvalue weighted by Gasteiger charge is 2.21. The normalized spacial score (nSPS) is 18.0. The van der Waals surface area contributed by atoms with Crippen LogP contribution in [0.1, 0.15) is 29.2 Å². The Balaban J connectivity index is 1.69. The molecular weight excluding hydrogens is 250 g/mol. The molecule has 3 rings (SSSR count). The second kappa shape index (κ2) is 5.75. The minimum absolute atomic E-state index is 0.259. The van der Waals surface area contributed by atoms with Crippen molar-refractivity contribution in [2.45, 2.75) is 39.2 Å². The second-order valence-electron chi connectivity index (χ2n) is 5.72. The molecule has 1 atom stereocenters. The Bertz CT molecular complexity index is 574. The van der Waals surface area contributed by atoms with Crippen LogP contribution in [-0.4, -0.2) is 26.5 Å². The lowest BCUT2D eigenvalue weighted by Gasteiger charge is -2.22. The van der Waals surface area contributed by atoms with Crippen molar-refractivity contribution < 1.29 is 5.11 Å². The molecule has 4 nitrogen and oxygen atoms in total. The molecule has 0 saturated carbocycles. The molecular formula is C16H21N3O. The van der Waals surface area contributed by atoms with Gasteiger partial charge in [0.15, 0.2) is 0 Å². The number of aryl methyl sites for hydroxylation is 4. The first-order valence-electron chi connectivity index (χ1n) is 7.33. The molecule has 0 aliphatic carbocycles. The van der Waals surface area contributed by atoms with Crippen LogP contribution in [0.4, 0.5) is 0 Å². The highest BCUT2D eigenvalue weighted by atomic mass is 16.3. The molecule has 20 heavy (non-hydrogen) atoms. The number of aliphatic hydroxyl groups excluding tert-OH is 1. The maximum absolute atomic E-state index is 9.32. The average molecular weight is 271 g/mol. The van der Waals surface area contributed by atoms with Crippen LogP contribution in [0.3, 0.4) is 0 Å². The Kier molecular flexibility index (Phi) is 3.83. The van der Waals surface area contributed by atoms with Gasteiger partial charge in [-0.2, -0.15) is 0 Å². The summed E-state index contributed by atoms with van der Waals surface area (Å²) in [6.45, 7) is 3.23. The van der Waals surface area contributed by atoms with Crippen molar-refractivity contribution in [2.24, 2.45) is 5.92 Å².